The third kappa shape index (κ3) is 2.60. The van der Waals surface area contributed by atoms with E-state index in [-0.39, 0.29) is 5.92 Å². The Morgan fingerprint density at radius 3 is 2.71 bits per heavy atom. The number of anilines is 2. The Morgan fingerprint density at radius 2 is 2.18 bits per heavy atom. The molecule has 0 aromatic heterocycles. The highest BCUT2D eigenvalue weighted by atomic mass is 35.5. The van der Waals surface area contributed by atoms with Crippen LogP contribution in [-0.2, 0) is 0 Å². The van der Waals surface area contributed by atoms with Gasteiger partial charge in [-0.25, -0.2) is 5.84 Å². The van der Waals surface area contributed by atoms with Gasteiger partial charge in [-0.2, -0.15) is 5.12 Å². The average Bonchev–Trinajstić information content (AvgIpc) is 2.19. The maximum Gasteiger partial charge on any atom is 0.127 e. The fourth-order valence-corrected chi connectivity index (χ4v) is 1.55. The largest absolute Gasteiger partial charge is 0.397 e. The zero-order valence-electron chi connectivity index (χ0n) is 9.23. The van der Waals surface area contributed by atoms with Crippen LogP contribution in [0.3, 0.4) is 0 Å². The molecule has 92 valence electrons. The maximum atomic E-state index is 5.82. The fourth-order valence-electron chi connectivity index (χ4n) is 1.44. The molecule has 1 aliphatic heterocycles. The van der Waals surface area contributed by atoms with E-state index in [9.17, 15) is 0 Å². The number of nitrogens with one attached hydrogen (secondary N) is 1. The molecule has 1 heterocycles. The molecule has 1 aromatic carbocycles. The summed E-state index contributed by atoms with van der Waals surface area (Å²) in [5, 5.41) is 8.92. The highest BCUT2D eigenvalue weighted by Gasteiger charge is 2.21. The van der Waals surface area contributed by atoms with E-state index in [1.807, 2.05) is 0 Å². The van der Waals surface area contributed by atoms with Crippen LogP contribution >= 0.6 is 11.6 Å². The maximum absolute atomic E-state index is 5.82. The number of rotatable bonds is 3. The summed E-state index contributed by atoms with van der Waals surface area (Å²) in [6.07, 6.45) is 0. The molecule has 0 saturated carbocycles. The van der Waals surface area contributed by atoms with Crippen LogP contribution in [0.25, 0.3) is 0 Å². The first-order chi connectivity index (χ1) is 8.08. The molecule has 0 amide bonds. The molecule has 7 heteroatoms. The number of hydrogen-bond donors (Lipinski definition) is 4. The van der Waals surface area contributed by atoms with E-state index in [1.54, 1.807) is 18.2 Å². The summed E-state index contributed by atoms with van der Waals surface area (Å²) in [4.78, 5) is 0. The molecular weight excluding hydrogens is 240 g/mol. The van der Waals surface area contributed by atoms with Crippen molar-refractivity contribution < 1.29 is 0 Å². The van der Waals surface area contributed by atoms with Gasteiger partial charge in [0.25, 0.3) is 0 Å². The molecule has 1 aromatic rings. The Morgan fingerprint density at radius 1 is 1.47 bits per heavy atom. The van der Waals surface area contributed by atoms with Crippen molar-refractivity contribution in [3.05, 3.63) is 23.2 Å². The minimum atomic E-state index is 0.255. The van der Waals surface area contributed by atoms with Gasteiger partial charge < -0.3 is 16.8 Å². The smallest absolute Gasteiger partial charge is 0.127 e. The minimum Gasteiger partial charge on any atom is -0.397 e. The van der Waals surface area contributed by atoms with Crippen molar-refractivity contribution in [1.82, 2.24) is 5.32 Å². The number of nitrogen functional groups attached to an aromatic ring is 1. The first-order valence-electron chi connectivity index (χ1n) is 5.22. The SMILES string of the molecule is N/C(=N\N(N)c1ccc(Cl)c(N)c1)C1CNC1. The van der Waals surface area contributed by atoms with E-state index in [1.165, 1.54) is 5.12 Å². The summed E-state index contributed by atoms with van der Waals surface area (Å²) in [6, 6.07) is 5.05. The summed E-state index contributed by atoms with van der Waals surface area (Å²) >= 11 is 5.82. The number of hydrazine groups is 1. The monoisotopic (exact) mass is 254 g/mol. The van der Waals surface area contributed by atoms with Crippen LogP contribution in [0.5, 0.6) is 0 Å². The lowest BCUT2D eigenvalue weighted by atomic mass is 10.0. The van der Waals surface area contributed by atoms with Crippen molar-refractivity contribution in [2.75, 3.05) is 23.9 Å². The van der Waals surface area contributed by atoms with Crippen molar-refractivity contribution in [3.8, 4) is 0 Å². The number of hydrazone groups is 1. The average molecular weight is 255 g/mol. The van der Waals surface area contributed by atoms with E-state index in [2.05, 4.69) is 10.4 Å². The van der Waals surface area contributed by atoms with Crippen LogP contribution < -0.4 is 27.7 Å². The van der Waals surface area contributed by atoms with E-state index in [0.717, 1.165) is 13.1 Å². The van der Waals surface area contributed by atoms with Gasteiger partial charge in [0.05, 0.1) is 16.4 Å². The van der Waals surface area contributed by atoms with Crippen LogP contribution in [0.15, 0.2) is 23.3 Å². The predicted octanol–water partition coefficient (Wildman–Crippen LogP) is 0.0939. The Balaban J connectivity index is 2.13. The third-order valence-electron chi connectivity index (χ3n) is 2.67. The molecule has 0 aliphatic carbocycles. The first kappa shape index (κ1) is 12.0. The molecule has 1 saturated heterocycles. The van der Waals surface area contributed by atoms with Crippen molar-refractivity contribution in [3.63, 3.8) is 0 Å². The quantitative estimate of drug-likeness (QED) is 0.201. The molecule has 17 heavy (non-hydrogen) atoms. The predicted molar refractivity (Wildman–Crippen MR) is 70.5 cm³/mol. The lowest BCUT2D eigenvalue weighted by Gasteiger charge is -2.27. The summed E-state index contributed by atoms with van der Waals surface area (Å²) in [5.74, 6) is 6.55. The van der Waals surface area contributed by atoms with Crippen LogP contribution in [-0.4, -0.2) is 18.9 Å². The zero-order valence-corrected chi connectivity index (χ0v) is 9.98. The highest BCUT2D eigenvalue weighted by Crippen LogP contribution is 2.24. The number of halogens is 1. The molecule has 1 fully saturated rings. The van der Waals surface area contributed by atoms with Gasteiger partial charge in [0.15, 0.2) is 0 Å². The van der Waals surface area contributed by atoms with Crippen LogP contribution in [0.2, 0.25) is 5.02 Å². The Bertz CT molecular complexity index is 442. The van der Waals surface area contributed by atoms with Gasteiger partial charge >= 0.3 is 0 Å². The summed E-state index contributed by atoms with van der Waals surface area (Å²) in [7, 11) is 0. The first-order valence-corrected chi connectivity index (χ1v) is 5.60. The highest BCUT2D eigenvalue weighted by molar-refractivity contribution is 6.33. The summed E-state index contributed by atoms with van der Waals surface area (Å²) in [5.41, 5.74) is 12.6. The van der Waals surface area contributed by atoms with E-state index < -0.39 is 0 Å². The zero-order chi connectivity index (χ0) is 12.4. The standard InChI is InChI=1S/C10H15ClN6/c11-8-2-1-7(3-9(8)12)17(14)16-10(13)6-4-15-5-6/h1-3,6,15H,4-5,12,14H2,(H2,13,16). The second-order valence-corrected chi connectivity index (χ2v) is 4.34. The van der Waals surface area contributed by atoms with Gasteiger partial charge in [-0.05, 0) is 18.2 Å². The Hall–Kier alpha value is -1.50. The van der Waals surface area contributed by atoms with E-state index in [4.69, 9.17) is 28.9 Å². The van der Waals surface area contributed by atoms with E-state index >= 15 is 0 Å². The van der Waals surface area contributed by atoms with Gasteiger partial charge in [0.2, 0.25) is 0 Å². The van der Waals surface area contributed by atoms with Crippen molar-refractivity contribution in [2.45, 2.75) is 0 Å². The fraction of sp³-hybridized carbons (Fsp3) is 0.300. The van der Waals surface area contributed by atoms with Crippen molar-refractivity contribution in [1.29, 1.82) is 0 Å². The van der Waals surface area contributed by atoms with Crippen LogP contribution in [0.4, 0.5) is 11.4 Å². The van der Waals surface area contributed by atoms with Gasteiger partial charge in [0, 0.05) is 19.0 Å². The normalized spacial score (nSPS) is 16.7. The molecule has 7 N–H and O–H groups in total. The lowest BCUT2D eigenvalue weighted by Crippen LogP contribution is -2.50. The molecule has 2 rings (SSSR count). The van der Waals surface area contributed by atoms with Gasteiger partial charge in [-0.15, -0.1) is 5.10 Å². The van der Waals surface area contributed by atoms with Gasteiger partial charge in [-0.3, -0.25) is 0 Å². The van der Waals surface area contributed by atoms with Crippen molar-refractivity contribution >= 4 is 28.8 Å². The minimum absolute atomic E-state index is 0.255. The molecule has 0 bridgehead atoms. The molecule has 1 aliphatic rings. The number of nitrogens with zero attached hydrogens (tertiary/aromatic N) is 2. The second kappa shape index (κ2) is 4.79. The summed E-state index contributed by atoms with van der Waals surface area (Å²) in [6.45, 7) is 1.68. The Kier molecular flexibility index (Phi) is 3.37. The number of nitrogens with two attached hydrogens (primary N) is 3. The topological polar surface area (TPSA) is 106 Å². The van der Waals surface area contributed by atoms with Crippen LogP contribution in [0.1, 0.15) is 0 Å². The second-order valence-electron chi connectivity index (χ2n) is 3.93. The van der Waals surface area contributed by atoms with Crippen molar-refractivity contribution in [2.24, 2.45) is 22.6 Å². The lowest BCUT2D eigenvalue weighted by molar-refractivity contribution is 0.439. The van der Waals surface area contributed by atoms with Crippen LogP contribution in [0, 0.1) is 5.92 Å². The number of hydrogen-bond acceptors (Lipinski definition) is 5. The molecule has 0 radical (unpaired) electrons. The summed E-state index contributed by atoms with van der Waals surface area (Å²) < 4.78 is 0. The number of amidine groups is 1. The van der Waals surface area contributed by atoms with Gasteiger partial charge in [0.1, 0.15) is 5.84 Å². The molecule has 6 nitrogen and oxygen atoms in total. The molecule has 0 spiro atoms. The number of benzene rings is 1. The molecular formula is C10H15ClN6. The van der Waals surface area contributed by atoms with E-state index in [0.29, 0.717) is 22.2 Å². The molecule has 0 unspecified atom stereocenters. The Labute approximate surface area is 104 Å². The third-order valence-corrected chi connectivity index (χ3v) is 3.01. The van der Waals surface area contributed by atoms with Gasteiger partial charge in [-0.1, -0.05) is 11.6 Å². The molecule has 0 atom stereocenters.